The number of carbonyl (C=O) groups is 3. The maximum atomic E-state index is 13.7. The standard InChI is InChI=1S/C27H34N4O5/c1-18(2)22(30-26(35)36-27(3,4)5)25(34)31(16-15-28)23(20-13-9-10-14-21(20)32)24(33)29-17-19-11-7-6-8-12-19/h6-14,18,22-23,32H,16-17H2,1-5H3,(H,29,33)(H,30,35). The zero-order valence-corrected chi connectivity index (χ0v) is 21.3. The molecule has 2 atom stereocenters. The maximum Gasteiger partial charge on any atom is 0.408 e. The van der Waals surface area contributed by atoms with E-state index in [1.807, 2.05) is 36.4 Å². The molecular formula is C27H34N4O5. The van der Waals surface area contributed by atoms with E-state index >= 15 is 0 Å². The van der Waals surface area contributed by atoms with E-state index in [-0.39, 0.29) is 23.8 Å². The summed E-state index contributed by atoms with van der Waals surface area (Å²) in [5.74, 6) is -1.82. The molecule has 0 heterocycles. The average molecular weight is 495 g/mol. The molecule has 2 aromatic carbocycles. The van der Waals surface area contributed by atoms with Crippen molar-refractivity contribution in [1.29, 1.82) is 5.26 Å². The maximum absolute atomic E-state index is 13.7. The van der Waals surface area contributed by atoms with Crippen LogP contribution in [0.4, 0.5) is 4.79 Å². The number of benzene rings is 2. The highest BCUT2D eigenvalue weighted by Crippen LogP contribution is 2.30. The Morgan fingerprint density at radius 1 is 1.06 bits per heavy atom. The summed E-state index contributed by atoms with van der Waals surface area (Å²) in [4.78, 5) is 40.7. The van der Waals surface area contributed by atoms with Gasteiger partial charge >= 0.3 is 6.09 Å². The largest absolute Gasteiger partial charge is 0.508 e. The minimum atomic E-state index is -1.32. The predicted molar refractivity (Wildman–Crippen MR) is 134 cm³/mol. The van der Waals surface area contributed by atoms with Crippen LogP contribution in [0.25, 0.3) is 0 Å². The van der Waals surface area contributed by atoms with Crippen molar-refractivity contribution >= 4 is 17.9 Å². The Labute approximate surface area is 212 Å². The van der Waals surface area contributed by atoms with Crippen LogP contribution in [-0.4, -0.2) is 46.1 Å². The number of phenolic OH excluding ortho intramolecular Hbond substituents is 1. The third kappa shape index (κ3) is 8.01. The Bertz CT molecular complexity index is 1090. The van der Waals surface area contributed by atoms with Crippen LogP contribution in [0.2, 0.25) is 0 Å². The van der Waals surface area contributed by atoms with E-state index in [9.17, 15) is 24.8 Å². The van der Waals surface area contributed by atoms with Gasteiger partial charge in [-0.25, -0.2) is 4.79 Å². The van der Waals surface area contributed by atoms with Crippen molar-refractivity contribution in [2.45, 2.75) is 58.8 Å². The lowest BCUT2D eigenvalue weighted by Gasteiger charge is -2.34. The fourth-order valence-electron chi connectivity index (χ4n) is 3.55. The van der Waals surface area contributed by atoms with Gasteiger partial charge in [0.15, 0.2) is 0 Å². The monoisotopic (exact) mass is 494 g/mol. The predicted octanol–water partition coefficient (Wildman–Crippen LogP) is 3.65. The molecule has 0 fully saturated rings. The average Bonchev–Trinajstić information content (AvgIpc) is 2.81. The van der Waals surface area contributed by atoms with Crippen molar-refractivity contribution in [3.05, 3.63) is 65.7 Å². The number of nitriles is 1. The first-order valence-electron chi connectivity index (χ1n) is 11.7. The second-order valence-corrected chi connectivity index (χ2v) is 9.66. The molecule has 0 aliphatic carbocycles. The topological polar surface area (TPSA) is 132 Å². The number of rotatable bonds is 9. The number of nitrogens with one attached hydrogen (secondary N) is 2. The third-order valence-electron chi connectivity index (χ3n) is 5.23. The normalized spacial score (nSPS) is 12.7. The van der Waals surface area contributed by atoms with Crippen LogP contribution in [0, 0.1) is 17.2 Å². The molecule has 0 bridgehead atoms. The van der Waals surface area contributed by atoms with Crippen molar-refractivity contribution in [2.24, 2.45) is 5.92 Å². The fraction of sp³-hybridized carbons (Fsp3) is 0.407. The van der Waals surface area contributed by atoms with Gasteiger partial charge in [-0.05, 0) is 38.3 Å². The van der Waals surface area contributed by atoms with Gasteiger partial charge in [0.1, 0.15) is 30.0 Å². The third-order valence-corrected chi connectivity index (χ3v) is 5.23. The van der Waals surface area contributed by atoms with Crippen molar-refractivity contribution < 1.29 is 24.2 Å². The minimum Gasteiger partial charge on any atom is -0.508 e. The van der Waals surface area contributed by atoms with Gasteiger partial charge in [0.05, 0.1) is 6.07 Å². The molecule has 0 aliphatic heterocycles. The molecule has 0 saturated heterocycles. The van der Waals surface area contributed by atoms with Crippen molar-refractivity contribution in [1.82, 2.24) is 15.5 Å². The fourth-order valence-corrected chi connectivity index (χ4v) is 3.55. The smallest absolute Gasteiger partial charge is 0.408 e. The summed E-state index contributed by atoms with van der Waals surface area (Å²) in [6, 6.07) is 14.9. The summed E-state index contributed by atoms with van der Waals surface area (Å²) < 4.78 is 5.30. The Hall–Kier alpha value is -4.06. The van der Waals surface area contributed by atoms with E-state index in [0.29, 0.717) is 0 Å². The molecule has 0 radical (unpaired) electrons. The lowest BCUT2D eigenvalue weighted by Crippen LogP contribution is -2.55. The van der Waals surface area contributed by atoms with Gasteiger partial charge in [-0.2, -0.15) is 5.26 Å². The summed E-state index contributed by atoms with van der Waals surface area (Å²) in [6.45, 7) is 8.30. The number of nitrogens with zero attached hydrogens (tertiary/aromatic N) is 2. The highest BCUT2D eigenvalue weighted by Gasteiger charge is 2.38. The number of ether oxygens (including phenoxy) is 1. The van der Waals surface area contributed by atoms with Crippen LogP contribution < -0.4 is 10.6 Å². The molecule has 3 N–H and O–H groups in total. The first kappa shape index (κ1) is 28.2. The number of alkyl carbamates (subject to hydrolysis) is 1. The van der Waals surface area contributed by atoms with Gasteiger partial charge < -0.3 is 25.4 Å². The molecule has 2 rings (SSSR count). The molecule has 0 spiro atoms. The molecule has 0 aromatic heterocycles. The molecule has 9 nitrogen and oxygen atoms in total. The number of phenols is 1. The Kier molecular flexibility index (Phi) is 9.85. The van der Waals surface area contributed by atoms with Crippen LogP contribution in [-0.2, 0) is 20.9 Å². The van der Waals surface area contributed by atoms with E-state index in [4.69, 9.17) is 4.74 Å². The van der Waals surface area contributed by atoms with Crippen molar-refractivity contribution in [2.75, 3.05) is 6.54 Å². The second kappa shape index (κ2) is 12.6. The molecule has 0 aliphatic rings. The quantitative estimate of drug-likeness (QED) is 0.456. The van der Waals surface area contributed by atoms with E-state index in [1.54, 1.807) is 46.8 Å². The minimum absolute atomic E-state index is 0.159. The molecule has 192 valence electrons. The number of hydrogen-bond donors (Lipinski definition) is 3. The Balaban J connectivity index is 2.43. The zero-order chi connectivity index (χ0) is 26.9. The number of aromatic hydroxyl groups is 1. The van der Waals surface area contributed by atoms with Gasteiger partial charge in [-0.3, -0.25) is 9.59 Å². The van der Waals surface area contributed by atoms with Gasteiger partial charge in [0, 0.05) is 12.1 Å². The van der Waals surface area contributed by atoms with Gasteiger partial charge in [-0.1, -0.05) is 62.4 Å². The number of hydrogen-bond acceptors (Lipinski definition) is 6. The first-order valence-corrected chi connectivity index (χ1v) is 11.7. The van der Waals surface area contributed by atoms with E-state index in [2.05, 4.69) is 10.6 Å². The van der Waals surface area contributed by atoms with E-state index in [1.165, 1.54) is 12.1 Å². The molecule has 2 unspecified atom stereocenters. The number of carbonyl (C=O) groups excluding carboxylic acids is 3. The van der Waals surface area contributed by atoms with E-state index < -0.39 is 42.1 Å². The zero-order valence-electron chi connectivity index (χ0n) is 21.3. The van der Waals surface area contributed by atoms with Gasteiger partial charge in [-0.15, -0.1) is 0 Å². The number of para-hydroxylation sites is 1. The highest BCUT2D eigenvalue weighted by atomic mass is 16.6. The molecule has 2 aromatic rings. The lowest BCUT2D eigenvalue weighted by molar-refractivity contribution is -0.142. The summed E-state index contributed by atoms with van der Waals surface area (Å²) in [5.41, 5.74) is 0.217. The van der Waals surface area contributed by atoms with Crippen LogP contribution in [0.15, 0.2) is 54.6 Å². The van der Waals surface area contributed by atoms with Crippen LogP contribution in [0.3, 0.4) is 0 Å². The second-order valence-electron chi connectivity index (χ2n) is 9.66. The molecule has 9 heteroatoms. The van der Waals surface area contributed by atoms with Crippen molar-refractivity contribution in [3.8, 4) is 11.8 Å². The molecule has 3 amide bonds. The molecular weight excluding hydrogens is 460 g/mol. The number of amides is 3. The Morgan fingerprint density at radius 2 is 1.67 bits per heavy atom. The first-order chi connectivity index (χ1) is 16.9. The van der Waals surface area contributed by atoms with Crippen LogP contribution >= 0.6 is 0 Å². The highest BCUT2D eigenvalue weighted by molar-refractivity contribution is 5.92. The Morgan fingerprint density at radius 3 is 2.22 bits per heavy atom. The van der Waals surface area contributed by atoms with Crippen LogP contribution in [0.1, 0.15) is 51.8 Å². The molecule has 36 heavy (non-hydrogen) atoms. The summed E-state index contributed by atoms with van der Waals surface area (Å²) in [6.07, 6.45) is -0.793. The van der Waals surface area contributed by atoms with Gasteiger partial charge in [0.2, 0.25) is 11.8 Å². The summed E-state index contributed by atoms with van der Waals surface area (Å²) >= 11 is 0. The SMILES string of the molecule is CC(C)C(NC(=O)OC(C)(C)C)C(=O)N(CC#N)C(C(=O)NCc1ccccc1)c1ccccc1O. The van der Waals surface area contributed by atoms with Gasteiger partial charge in [0.25, 0.3) is 0 Å². The van der Waals surface area contributed by atoms with Crippen molar-refractivity contribution in [3.63, 3.8) is 0 Å². The van der Waals surface area contributed by atoms with Crippen LogP contribution in [0.5, 0.6) is 5.75 Å². The summed E-state index contributed by atoms with van der Waals surface area (Å²) in [7, 11) is 0. The lowest BCUT2D eigenvalue weighted by atomic mass is 9.98. The van der Waals surface area contributed by atoms with E-state index in [0.717, 1.165) is 10.5 Å². The summed E-state index contributed by atoms with van der Waals surface area (Å²) in [5, 5.41) is 25.5. The molecule has 0 saturated carbocycles.